The fraction of sp³-hybridized carbons (Fsp3) is 1.00. The van der Waals surface area contributed by atoms with Crippen LogP contribution in [-0.4, -0.2) is 10.5 Å². The first kappa shape index (κ1) is 87.6. The van der Waals surface area contributed by atoms with Gasteiger partial charge in [-0.3, -0.25) is 0 Å². The fourth-order valence-corrected chi connectivity index (χ4v) is 0. The molecule has 0 aliphatic rings. The van der Waals surface area contributed by atoms with Gasteiger partial charge < -0.3 is 0 Å². The van der Waals surface area contributed by atoms with Crippen molar-refractivity contribution >= 4 is 0 Å². The van der Waals surface area contributed by atoms with Gasteiger partial charge in [-0.25, -0.2) is 10.5 Å². The fourth-order valence-electron chi connectivity index (χ4n) is 0. The molecule has 0 aromatic rings. The molecule has 0 rings (SSSR count). The van der Waals surface area contributed by atoms with Crippen molar-refractivity contribution in [1.82, 2.24) is 0 Å². The minimum Gasteiger partial charge on any atom is -0.221 e. The lowest BCUT2D eigenvalue weighted by atomic mass is 12.0. The third-order valence-corrected chi connectivity index (χ3v) is 0. The molecule has 0 amide bonds. The lowest BCUT2D eigenvalue weighted by Crippen LogP contribution is -1.60. The molecule has 0 aliphatic heterocycles. The van der Waals surface area contributed by atoms with Gasteiger partial charge in [0.1, 0.15) is 0 Å². The van der Waals surface area contributed by atoms with Crippen LogP contribution in [-0.2, 0) is 5.04 Å². The van der Waals surface area contributed by atoms with Crippen LogP contribution in [0.1, 0.15) is 29.7 Å². The van der Waals surface area contributed by atoms with Gasteiger partial charge in [-0.1, -0.05) is 40.3 Å². The number of nitrogens with one attached hydrogen (secondary N) is 1. The molecule has 0 unspecified atom stereocenters. The van der Waals surface area contributed by atoms with Gasteiger partial charge >= 0.3 is 0 Å². The molecule has 0 bridgehead atoms. The van der Waals surface area contributed by atoms with Gasteiger partial charge in [-0.15, -0.1) is 0 Å². The van der Waals surface area contributed by atoms with Crippen molar-refractivity contribution in [2.45, 2.75) is 29.7 Å². The maximum Gasteiger partial charge on any atom is 0 e. The average Bonchev–Trinajstić information content (AvgIpc) is 1.78. The Bertz CT molecular complexity index is 22.1. The zero-order valence-corrected chi connectivity index (χ0v) is 3.03. The van der Waals surface area contributed by atoms with Crippen LogP contribution in [0, 0.1) is 20.4 Å². The number of hydrogen-bond acceptors (Lipinski definition) is 7. The second-order valence-electron chi connectivity index (χ2n) is 0.0816. The van der Waals surface area contributed by atoms with E-state index in [0.29, 0.717) is 0 Å². The summed E-state index contributed by atoms with van der Waals surface area (Å²) < 4.78 is 0. The van der Waals surface area contributed by atoms with E-state index in [0.717, 1.165) is 0 Å². The quantitative estimate of drug-likeness (QED) is 0.296. The second kappa shape index (κ2) is 92600. The SMILES string of the molecule is C.C.C.C.N=O.O=O.OOO. The minimum absolute atomic E-state index is 0. The Morgan fingerprint density at radius 2 is 0.818 bits per heavy atom. The molecule has 0 aromatic heterocycles. The lowest BCUT2D eigenvalue weighted by Gasteiger charge is -1.56. The van der Waals surface area contributed by atoms with E-state index in [1.807, 2.05) is 0 Å². The normalized spacial score (nSPS) is 2.36. The standard InChI is InChI=1S/4CH4.HNO.H2O3.O2/c;;;;1-2;1-3-2;1-2/h4*1H4;1H;1-2H;. The summed E-state index contributed by atoms with van der Waals surface area (Å²) in [5, 5.41) is 15.5. The molecule has 0 fully saturated rings. The van der Waals surface area contributed by atoms with Gasteiger partial charge in [-0.05, 0) is 0 Å². The first-order valence-corrected chi connectivity index (χ1v) is 0.736. The van der Waals surface area contributed by atoms with Gasteiger partial charge in [-0.2, -0.15) is 4.91 Å². The molecule has 0 heterocycles. The predicted molar refractivity (Wildman–Crippen MR) is 46.1 cm³/mol. The molecule has 0 saturated heterocycles. The first-order chi connectivity index (χ1) is 3.41. The average molecular weight is 177 g/mol. The monoisotopic (exact) mass is 177 g/mol. The van der Waals surface area contributed by atoms with E-state index in [2.05, 4.69) is 10.6 Å². The molecule has 7 nitrogen and oxygen atoms in total. The van der Waals surface area contributed by atoms with E-state index in [9.17, 15) is 0 Å². The van der Waals surface area contributed by atoms with Gasteiger partial charge in [0.2, 0.25) is 0 Å². The highest BCUT2D eigenvalue weighted by atomic mass is 17.4. The maximum absolute atomic E-state index is 7.50. The third kappa shape index (κ3) is 538. The van der Waals surface area contributed by atoms with E-state index < -0.39 is 0 Å². The summed E-state index contributed by atoms with van der Waals surface area (Å²) in [6.45, 7) is 0. The smallest absolute Gasteiger partial charge is 0 e. The molecule has 11 heavy (non-hydrogen) atoms. The van der Waals surface area contributed by atoms with Crippen LogP contribution in [0.15, 0.2) is 0 Å². The van der Waals surface area contributed by atoms with Gasteiger partial charge in [0.25, 0.3) is 0 Å². The van der Waals surface area contributed by atoms with Gasteiger partial charge in [0.05, 0.1) is 0 Å². The molecule has 0 aromatic carbocycles. The van der Waals surface area contributed by atoms with Crippen LogP contribution in [0.3, 0.4) is 0 Å². The molecule has 0 atom stereocenters. The van der Waals surface area contributed by atoms with Crippen molar-refractivity contribution < 1.29 is 15.6 Å². The van der Waals surface area contributed by atoms with E-state index in [1.165, 1.54) is 0 Å². The summed E-state index contributed by atoms with van der Waals surface area (Å²) in [4.78, 5) is 21.5. The number of nitroso groups, excluding NO2 is 1. The highest BCUT2D eigenvalue weighted by molar-refractivity contribution is 4.07. The van der Waals surface area contributed by atoms with Crippen LogP contribution < -0.4 is 0 Å². The Kier molecular flexibility index (Phi) is 738000. The summed E-state index contributed by atoms with van der Waals surface area (Å²) in [5.74, 6) is 0. The summed E-state index contributed by atoms with van der Waals surface area (Å²) in [6.07, 6.45) is 0. The van der Waals surface area contributed by atoms with Crippen LogP contribution >= 0.6 is 0 Å². The van der Waals surface area contributed by atoms with Crippen LogP contribution in [0.5, 0.6) is 0 Å². The Labute approximate surface area is 66.8 Å². The van der Waals surface area contributed by atoms with Crippen LogP contribution in [0.25, 0.3) is 0 Å². The number of hydrogen-bond donors (Lipinski definition) is 3. The Morgan fingerprint density at radius 1 is 0.818 bits per heavy atom. The molecule has 7 heteroatoms. The molecule has 0 spiro atoms. The molecule has 76 valence electrons. The van der Waals surface area contributed by atoms with E-state index in [4.69, 9.17) is 25.4 Å². The molecule has 0 aliphatic carbocycles. The van der Waals surface area contributed by atoms with E-state index in [-0.39, 0.29) is 29.7 Å². The molecular formula is C4H19NO6. The van der Waals surface area contributed by atoms with Crippen molar-refractivity contribution in [3.8, 4) is 0 Å². The Hall–Kier alpha value is -0.920. The van der Waals surface area contributed by atoms with Crippen molar-refractivity contribution in [3.63, 3.8) is 0 Å². The third-order valence-electron chi connectivity index (χ3n) is 0. The van der Waals surface area contributed by atoms with Gasteiger partial charge in [0.15, 0.2) is 0 Å². The predicted octanol–water partition coefficient (Wildman–Crippen LogP) is 2.89. The van der Waals surface area contributed by atoms with Crippen LogP contribution in [0.2, 0.25) is 0 Å². The van der Waals surface area contributed by atoms with Crippen molar-refractivity contribution in [2.24, 2.45) is 0 Å². The topological polar surface area (TPSA) is 125 Å². The Balaban J connectivity index is -0.00000000378. The first-order valence-electron chi connectivity index (χ1n) is 0.736. The molecule has 0 radical (unpaired) electrons. The number of rotatable bonds is 0. The minimum atomic E-state index is 0. The summed E-state index contributed by atoms with van der Waals surface area (Å²) in [7, 11) is 0. The highest BCUT2D eigenvalue weighted by Gasteiger charge is 1.27. The zero-order chi connectivity index (χ0) is 6.71. The maximum atomic E-state index is 7.50. The van der Waals surface area contributed by atoms with Crippen molar-refractivity contribution in [3.05, 3.63) is 14.8 Å². The summed E-state index contributed by atoms with van der Waals surface area (Å²) in [6, 6.07) is 0. The summed E-state index contributed by atoms with van der Waals surface area (Å²) in [5.41, 5.74) is 4.50. The second-order valence-corrected chi connectivity index (χ2v) is 0.0816. The lowest BCUT2D eigenvalue weighted by molar-refractivity contribution is -0.465. The molecular weight excluding hydrogens is 158 g/mol. The molecule has 0 saturated carbocycles. The van der Waals surface area contributed by atoms with Crippen molar-refractivity contribution in [1.29, 1.82) is 5.59 Å². The van der Waals surface area contributed by atoms with Crippen molar-refractivity contribution in [2.75, 3.05) is 0 Å². The zero-order valence-electron chi connectivity index (χ0n) is 3.03. The molecule has 3 N–H and O–H groups in total. The Morgan fingerprint density at radius 3 is 0.818 bits per heavy atom. The summed E-state index contributed by atoms with van der Waals surface area (Å²) >= 11 is 0. The van der Waals surface area contributed by atoms with Crippen LogP contribution in [0.4, 0.5) is 0 Å². The van der Waals surface area contributed by atoms with Gasteiger partial charge in [0, 0.05) is 9.93 Å². The van der Waals surface area contributed by atoms with E-state index >= 15 is 0 Å². The highest BCUT2D eigenvalue weighted by Crippen LogP contribution is 1.24. The van der Waals surface area contributed by atoms with E-state index in [1.54, 1.807) is 0 Å². The largest absolute Gasteiger partial charge is 0.221 e.